The molecule has 1 amide bonds. The van der Waals surface area contributed by atoms with E-state index in [0.717, 1.165) is 19.3 Å². The minimum absolute atomic E-state index is 0.0695. The van der Waals surface area contributed by atoms with Gasteiger partial charge in [0.2, 0.25) is 5.91 Å². The van der Waals surface area contributed by atoms with Crippen molar-refractivity contribution in [3.63, 3.8) is 0 Å². The van der Waals surface area contributed by atoms with E-state index in [1.165, 1.54) is 18.2 Å². The van der Waals surface area contributed by atoms with Gasteiger partial charge in [-0.15, -0.1) is 0 Å². The fraction of sp³-hybridized carbons (Fsp3) is 0.500. The summed E-state index contributed by atoms with van der Waals surface area (Å²) in [6, 6.07) is 3.93. The van der Waals surface area contributed by atoms with E-state index in [0.29, 0.717) is 18.5 Å². The van der Waals surface area contributed by atoms with Gasteiger partial charge in [0.1, 0.15) is 5.82 Å². The fourth-order valence-corrected chi connectivity index (χ4v) is 3.32. The Balaban J connectivity index is 2.04. The molecule has 4 nitrogen and oxygen atoms in total. The number of carboxylic acids is 1. The van der Waals surface area contributed by atoms with Gasteiger partial charge >= 0.3 is 0 Å². The summed E-state index contributed by atoms with van der Waals surface area (Å²) in [6.45, 7) is 0. The Morgan fingerprint density at radius 2 is 1.91 bits per heavy atom. The van der Waals surface area contributed by atoms with Crippen molar-refractivity contribution in [2.45, 2.75) is 44.9 Å². The number of anilines is 1. The van der Waals surface area contributed by atoms with Crippen LogP contribution in [0.15, 0.2) is 18.2 Å². The monoisotopic (exact) mass is 326 g/mol. The van der Waals surface area contributed by atoms with Gasteiger partial charge in [-0.05, 0) is 42.9 Å². The molecule has 0 atom stereocenters. The van der Waals surface area contributed by atoms with Crippen molar-refractivity contribution in [1.82, 2.24) is 0 Å². The fourth-order valence-electron chi connectivity index (χ4n) is 3.14. The molecule has 0 heterocycles. The number of benzene rings is 1. The van der Waals surface area contributed by atoms with Gasteiger partial charge in [-0.3, -0.25) is 4.79 Å². The lowest BCUT2D eigenvalue weighted by Crippen LogP contribution is -2.36. The van der Waals surface area contributed by atoms with Crippen LogP contribution >= 0.6 is 11.6 Å². The molecule has 0 unspecified atom stereocenters. The highest BCUT2D eigenvalue weighted by molar-refractivity contribution is 6.31. The first-order chi connectivity index (χ1) is 10.4. The van der Waals surface area contributed by atoms with Crippen LogP contribution in [0.3, 0.4) is 0 Å². The largest absolute Gasteiger partial charge is 0.550 e. The molecular formula is C16H18ClFNO3-. The van der Waals surface area contributed by atoms with Crippen LogP contribution < -0.4 is 10.4 Å². The third kappa shape index (κ3) is 4.44. The van der Waals surface area contributed by atoms with Crippen LogP contribution in [0, 0.1) is 11.2 Å². The molecule has 1 fully saturated rings. The van der Waals surface area contributed by atoms with E-state index in [2.05, 4.69) is 5.32 Å². The summed E-state index contributed by atoms with van der Waals surface area (Å²) in [5, 5.41) is 13.6. The zero-order valence-corrected chi connectivity index (χ0v) is 12.9. The lowest BCUT2D eigenvalue weighted by molar-refractivity contribution is -0.308. The maximum atomic E-state index is 13.1. The van der Waals surface area contributed by atoms with Crippen LogP contribution in [-0.2, 0) is 9.59 Å². The first-order valence-electron chi connectivity index (χ1n) is 7.35. The summed E-state index contributed by atoms with van der Waals surface area (Å²) in [5.74, 6) is -1.97. The van der Waals surface area contributed by atoms with Gasteiger partial charge in [0.15, 0.2) is 0 Å². The Hall–Kier alpha value is -1.62. The number of carboxylic acid groups (broad SMARTS) is 1. The Morgan fingerprint density at radius 1 is 1.23 bits per heavy atom. The molecule has 0 aromatic heterocycles. The molecule has 0 radical (unpaired) electrons. The number of rotatable bonds is 5. The van der Waals surface area contributed by atoms with Crippen LogP contribution in [0.4, 0.5) is 10.1 Å². The van der Waals surface area contributed by atoms with Crippen molar-refractivity contribution >= 4 is 29.2 Å². The smallest absolute Gasteiger partial charge is 0.224 e. The summed E-state index contributed by atoms with van der Waals surface area (Å²) in [5.41, 5.74) is -0.138. The Kier molecular flexibility index (Phi) is 5.40. The number of halogens is 2. The molecule has 1 aromatic rings. The molecule has 22 heavy (non-hydrogen) atoms. The van der Waals surface area contributed by atoms with E-state index < -0.39 is 17.2 Å². The number of nitrogens with one attached hydrogen (secondary N) is 1. The molecule has 6 heteroatoms. The van der Waals surface area contributed by atoms with E-state index in [1.807, 2.05) is 0 Å². The van der Waals surface area contributed by atoms with Gasteiger partial charge in [-0.2, -0.15) is 0 Å². The van der Waals surface area contributed by atoms with Crippen LogP contribution in [0.25, 0.3) is 0 Å². The van der Waals surface area contributed by atoms with E-state index in [4.69, 9.17) is 11.6 Å². The Morgan fingerprint density at radius 3 is 2.50 bits per heavy atom. The first-order valence-corrected chi connectivity index (χ1v) is 7.73. The van der Waals surface area contributed by atoms with Crippen LogP contribution in [0.1, 0.15) is 44.9 Å². The summed E-state index contributed by atoms with van der Waals surface area (Å²) < 4.78 is 13.1. The first kappa shape index (κ1) is 16.7. The number of hydrogen-bond donors (Lipinski definition) is 1. The summed E-state index contributed by atoms with van der Waals surface area (Å²) >= 11 is 5.67. The molecular weight excluding hydrogens is 309 g/mol. The third-order valence-electron chi connectivity index (χ3n) is 4.17. The molecule has 120 valence electrons. The normalized spacial score (nSPS) is 17.0. The lowest BCUT2D eigenvalue weighted by atomic mass is 9.69. The Labute approximate surface area is 133 Å². The summed E-state index contributed by atoms with van der Waals surface area (Å²) in [7, 11) is 0. The standard InChI is InChI=1S/C16H19ClFNO3/c17-12-8-11(4-5-13(12)18)19-14(20)9-16(10-15(21)22)6-2-1-3-7-16/h4-5,8H,1-3,6-7,9-10H2,(H,19,20)(H,21,22)/p-1. The second kappa shape index (κ2) is 7.09. The van der Waals surface area contributed by atoms with E-state index in [1.54, 1.807) is 0 Å². The maximum Gasteiger partial charge on any atom is 0.224 e. The topological polar surface area (TPSA) is 69.2 Å². The highest BCUT2D eigenvalue weighted by atomic mass is 35.5. The van der Waals surface area contributed by atoms with Gasteiger partial charge in [-0.1, -0.05) is 30.9 Å². The van der Waals surface area contributed by atoms with Crippen LogP contribution in [0.2, 0.25) is 5.02 Å². The molecule has 0 bridgehead atoms. The summed E-state index contributed by atoms with van der Waals surface area (Å²) in [4.78, 5) is 23.2. The molecule has 0 aliphatic heterocycles. The molecule has 1 N–H and O–H groups in total. The number of amides is 1. The van der Waals surface area contributed by atoms with Gasteiger partial charge < -0.3 is 15.2 Å². The van der Waals surface area contributed by atoms with Crippen molar-refractivity contribution in [1.29, 1.82) is 0 Å². The predicted octanol–water partition coefficient (Wildman–Crippen LogP) is 2.90. The van der Waals surface area contributed by atoms with Crippen molar-refractivity contribution < 1.29 is 19.1 Å². The average molecular weight is 327 g/mol. The molecule has 0 spiro atoms. The van der Waals surface area contributed by atoms with Gasteiger partial charge in [0, 0.05) is 18.1 Å². The molecule has 1 saturated carbocycles. The van der Waals surface area contributed by atoms with Gasteiger partial charge in [0.05, 0.1) is 5.02 Å². The molecule has 2 rings (SSSR count). The minimum atomic E-state index is -1.13. The third-order valence-corrected chi connectivity index (χ3v) is 4.46. The maximum absolute atomic E-state index is 13.1. The van der Waals surface area contributed by atoms with E-state index in [9.17, 15) is 19.1 Å². The second-order valence-electron chi connectivity index (χ2n) is 5.96. The van der Waals surface area contributed by atoms with Crippen molar-refractivity contribution in [2.24, 2.45) is 5.41 Å². The zero-order chi connectivity index (χ0) is 16.2. The van der Waals surface area contributed by atoms with Gasteiger partial charge in [-0.25, -0.2) is 4.39 Å². The highest BCUT2D eigenvalue weighted by Gasteiger charge is 2.34. The molecule has 0 saturated heterocycles. The molecule has 1 aromatic carbocycles. The molecule has 1 aliphatic carbocycles. The number of carbonyl (C=O) groups excluding carboxylic acids is 2. The average Bonchev–Trinajstić information content (AvgIpc) is 2.42. The lowest BCUT2D eigenvalue weighted by Gasteiger charge is -2.37. The SMILES string of the molecule is O=C([O-])CC1(CC(=O)Nc2ccc(F)c(Cl)c2)CCCCC1. The quantitative estimate of drug-likeness (QED) is 0.904. The number of hydrogen-bond acceptors (Lipinski definition) is 3. The van der Waals surface area contributed by atoms with Crippen LogP contribution in [0.5, 0.6) is 0 Å². The number of aliphatic carboxylic acids is 1. The van der Waals surface area contributed by atoms with Crippen molar-refractivity contribution in [2.75, 3.05) is 5.32 Å². The predicted molar refractivity (Wildman–Crippen MR) is 79.8 cm³/mol. The van der Waals surface area contributed by atoms with Crippen molar-refractivity contribution in [3.8, 4) is 0 Å². The molecule has 1 aliphatic rings. The highest BCUT2D eigenvalue weighted by Crippen LogP contribution is 2.42. The van der Waals surface area contributed by atoms with Gasteiger partial charge in [0.25, 0.3) is 0 Å². The minimum Gasteiger partial charge on any atom is -0.550 e. The van der Waals surface area contributed by atoms with E-state index >= 15 is 0 Å². The van der Waals surface area contributed by atoms with Crippen LogP contribution in [-0.4, -0.2) is 11.9 Å². The number of carbonyl (C=O) groups is 2. The summed E-state index contributed by atoms with van der Waals surface area (Å²) in [6.07, 6.45) is 4.33. The Bertz CT molecular complexity index is 571. The second-order valence-corrected chi connectivity index (χ2v) is 6.37. The zero-order valence-electron chi connectivity index (χ0n) is 12.2. The van der Waals surface area contributed by atoms with E-state index in [-0.39, 0.29) is 23.8 Å². The van der Waals surface area contributed by atoms with Crippen molar-refractivity contribution in [3.05, 3.63) is 29.0 Å².